The van der Waals surface area contributed by atoms with Gasteiger partial charge in [0.1, 0.15) is 5.82 Å². The van der Waals surface area contributed by atoms with Gasteiger partial charge in [0.15, 0.2) is 0 Å². The van der Waals surface area contributed by atoms with Crippen LogP contribution in [0.1, 0.15) is 38.9 Å². The number of rotatable bonds is 3. The third-order valence-electron chi connectivity index (χ3n) is 3.97. The van der Waals surface area contributed by atoms with Crippen molar-refractivity contribution in [3.8, 4) is 0 Å². The lowest BCUT2D eigenvalue weighted by molar-refractivity contribution is 0.201. The Bertz CT molecular complexity index is 360. The van der Waals surface area contributed by atoms with E-state index in [1.54, 1.807) is 0 Å². The molecule has 0 bridgehead atoms. The fraction of sp³-hybridized carbons (Fsp3) is 0.786. The molecule has 1 aliphatic rings. The normalized spacial score (nSPS) is 26.8. The summed E-state index contributed by atoms with van der Waals surface area (Å²) in [6.07, 6.45) is 7.60. The quantitative estimate of drug-likeness (QED) is 0.887. The highest BCUT2D eigenvalue weighted by Gasteiger charge is 2.18. The van der Waals surface area contributed by atoms with Crippen LogP contribution < -0.4 is 5.32 Å². The Kier molecular flexibility index (Phi) is 4.78. The minimum atomic E-state index is 0.624. The summed E-state index contributed by atoms with van der Waals surface area (Å²) in [6.45, 7) is 7.89. The summed E-state index contributed by atoms with van der Waals surface area (Å²) in [4.78, 5) is 6.97. The SMILES string of the molecule is CCC1CCN(Cc2nccn2C)CCC(C)N1. The fourth-order valence-corrected chi connectivity index (χ4v) is 2.62. The number of aryl methyl sites for hydroxylation is 1. The van der Waals surface area contributed by atoms with Crippen LogP contribution in [0.3, 0.4) is 0 Å². The average molecular weight is 250 g/mol. The highest BCUT2D eigenvalue weighted by atomic mass is 15.2. The second-order valence-corrected chi connectivity index (χ2v) is 5.48. The van der Waals surface area contributed by atoms with E-state index in [0.29, 0.717) is 12.1 Å². The smallest absolute Gasteiger partial charge is 0.122 e. The molecule has 4 heteroatoms. The van der Waals surface area contributed by atoms with Crippen LogP contribution in [0.4, 0.5) is 0 Å². The van der Waals surface area contributed by atoms with Crippen molar-refractivity contribution in [1.29, 1.82) is 0 Å². The van der Waals surface area contributed by atoms with Crippen molar-refractivity contribution in [2.75, 3.05) is 13.1 Å². The Labute approximate surface area is 110 Å². The number of nitrogens with zero attached hydrogens (tertiary/aromatic N) is 3. The molecule has 2 heterocycles. The van der Waals surface area contributed by atoms with Crippen molar-refractivity contribution in [3.63, 3.8) is 0 Å². The summed E-state index contributed by atoms with van der Waals surface area (Å²) >= 11 is 0. The predicted molar refractivity (Wildman–Crippen MR) is 74.4 cm³/mol. The molecule has 2 atom stereocenters. The maximum Gasteiger partial charge on any atom is 0.122 e. The average Bonchev–Trinajstić information content (AvgIpc) is 2.74. The Balaban J connectivity index is 1.93. The summed E-state index contributed by atoms with van der Waals surface area (Å²) in [5, 5.41) is 3.71. The van der Waals surface area contributed by atoms with E-state index < -0.39 is 0 Å². The van der Waals surface area contributed by atoms with Gasteiger partial charge in [-0.25, -0.2) is 4.98 Å². The van der Waals surface area contributed by atoms with Gasteiger partial charge in [-0.2, -0.15) is 0 Å². The fourth-order valence-electron chi connectivity index (χ4n) is 2.62. The van der Waals surface area contributed by atoms with Crippen LogP contribution in [0.25, 0.3) is 0 Å². The van der Waals surface area contributed by atoms with Gasteiger partial charge in [0.05, 0.1) is 6.54 Å². The van der Waals surface area contributed by atoms with E-state index >= 15 is 0 Å². The maximum atomic E-state index is 4.43. The Morgan fingerprint density at radius 1 is 1.39 bits per heavy atom. The van der Waals surface area contributed by atoms with Crippen molar-refractivity contribution < 1.29 is 0 Å². The van der Waals surface area contributed by atoms with Gasteiger partial charge in [-0.05, 0) is 26.2 Å². The molecule has 0 aliphatic carbocycles. The molecule has 1 fully saturated rings. The molecular weight excluding hydrogens is 224 g/mol. The first-order valence-electron chi connectivity index (χ1n) is 7.13. The standard InChI is InChI=1S/C14H26N4/c1-4-13-6-9-18(8-5-12(2)16-13)11-14-15-7-10-17(14)3/h7,10,12-13,16H,4-6,8-9,11H2,1-3H3. The summed E-state index contributed by atoms with van der Waals surface area (Å²) in [5.41, 5.74) is 0. The van der Waals surface area contributed by atoms with Crippen molar-refractivity contribution in [2.24, 2.45) is 7.05 Å². The van der Waals surface area contributed by atoms with E-state index in [2.05, 4.69) is 40.7 Å². The summed E-state index contributed by atoms with van der Waals surface area (Å²) in [5.74, 6) is 1.17. The topological polar surface area (TPSA) is 33.1 Å². The van der Waals surface area contributed by atoms with E-state index in [1.165, 1.54) is 31.6 Å². The Morgan fingerprint density at radius 3 is 2.83 bits per heavy atom. The van der Waals surface area contributed by atoms with Crippen molar-refractivity contribution in [3.05, 3.63) is 18.2 Å². The third-order valence-corrected chi connectivity index (χ3v) is 3.97. The molecule has 1 N–H and O–H groups in total. The van der Waals surface area contributed by atoms with Gasteiger partial charge < -0.3 is 9.88 Å². The van der Waals surface area contributed by atoms with Crippen LogP contribution in [0.15, 0.2) is 12.4 Å². The molecule has 1 aliphatic heterocycles. The Morgan fingerprint density at radius 2 is 2.17 bits per heavy atom. The Hall–Kier alpha value is -0.870. The molecule has 18 heavy (non-hydrogen) atoms. The summed E-state index contributed by atoms with van der Waals surface area (Å²) in [6, 6.07) is 1.29. The molecule has 0 radical (unpaired) electrons. The zero-order chi connectivity index (χ0) is 13.0. The van der Waals surface area contributed by atoms with Crippen molar-refractivity contribution >= 4 is 0 Å². The number of imidazole rings is 1. The lowest BCUT2D eigenvalue weighted by Crippen LogP contribution is -2.44. The molecule has 4 nitrogen and oxygen atoms in total. The summed E-state index contributed by atoms with van der Waals surface area (Å²) in [7, 11) is 2.07. The molecule has 2 unspecified atom stereocenters. The van der Waals surface area contributed by atoms with Gasteiger partial charge in [0.25, 0.3) is 0 Å². The van der Waals surface area contributed by atoms with Crippen molar-refractivity contribution in [1.82, 2.24) is 19.8 Å². The van der Waals surface area contributed by atoms with Gasteiger partial charge in [-0.3, -0.25) is 4.90 Å². The lowest BCUT2D eigenvalue weighted by Gasteiger charge is -2.31. The molecule has 0 aromatic carbocycles. The molecule has 0 amide bonds. The minimum absolute atomic E-state index is 0.624. The van der Waals surface area contributed by atoms with Gasteiger partial charge in [-0.1, -0.05) is 6.92 Å². The van der Waals surface area contributed by atoms with Crippen LogP contribution in [0.2, 0.25) is 0 Å². The van der Waals surface area contributed by atoms with Crippen LogP contribution in [-0.4, -0.2) is 39.6 Å². The summed E-state index contributed by atoms with van der Waals surface area (Å²) < 4.78 is 2.12. The van der Waals surface area contributed by atoms with E-state index in [0.717, 1.165) is 13.1 Å². The monoisotopic (exact) mass is 250 g/mol. The third kappa shape index (κ3) is 3.56. The first-order valence-corrected chi connectivity index (χ1v) is 7.13. The second kappa shape index (κ2) is 6.34. The largest absolute Gasteiger partial charge is 0.337 e. The molecule has 102 valence electrons. The predicted octanol–water partition coefficient (Wildman–Crippen LogP) is 1.77. The van der Waals surface area contributed by atoms with Crippen molar-refractivity contribution in [2.45, 2.75) is 51.7 Å². The number of hydrogen-bond donors (Lipinski definition) is 1. The van der Waals surface area contributed by atoms with Gasteiger partial charge in [0.2, 0.25) is 0 Å². The maximum absolute atomic E-state index is 4.43. The first kappa shape index (κ1) is 13.6. The molecule has 0 saturated carbocycles. The number of nitrogens with one attached hydrogen (secondary N) is 1. The number of hydrogen-bond acceptors (Lipinski definition) is 3. The molecule has 1 aromatic rings. The molecule has 0 spiro atoms. The highest BCUT2D eigenvalue weighted by molar-refractivity contribution is 4.91. The van der Waals surface area contributed by atoms with E-state index in [1.807, 2.05) is 12.4 Å². The number of aromatic nitrogens is 2. The highest BCUT2D eigenvalue weighted by Crippen LogP contribution is 2.11. The molecule has 1 saturated heterocycles. The van der Waals surface area contributed by atoms with Crippen LogP contribution >= 0.6 is 0 Å². The first-order chi connectivity index (χ1) is 8.69. The van der Waals surface area contributed by atoms with Crippen LogP contribution in [0, 0.1) is 0 Å². The molecule has 1 aromatic heterocycles. The minimum Gasteiger partial charge on any atom is -0.337 e. The van der Waals surface area contributed by atoms with Crippen LogP contribution in [-0.2, 0) is 13.6 Å². The zero-order valence-corrected chi connectivity index (χ0v) is 11.9. The van der Waals surface area contributed by atoms with E-state index in [4.69, 9.17) is 0 Å². The van der Waals surface area contributed by atoms with E-state index in [9.17, 15) is 0 Å². The second-order valence-electron chi connectivity index (χ2n) is 5.48. The van der Waals surface area contributed by atoms with E-state index in [-0.39, 0.29) is 0 Å². The zero-order valence-electron chi connectivity index (χ0n) is 11.9. The molecular formula is C14H26N4. The van der Waals surface area contributed by atoms with Gasteiger partial charge in [-0.15, -0.1) is 0 Å². The molecule has 2 rings (SSSR count). The lowest BCUT2D eigenvalue weighted by atomic mass is 10.1. The van der Waals surface area contributed by atoms with Gasteiger partial charge >= 0.3 is 0 Å². The van der Waals surface area contributed by atoms with Gasteiger partial charge in [0, 0.05) is 44.6 Å². The van der Waals surface area contributed by atoms with Crippen LogP contribution in [0.5, 0.6) is 0 Å².